The minimum Gasteiger partial charge on any atom is -0.368 e. The van der Waals surface area contributed by atoms with Crippen molar-refractivity contribution in [1.29, 1.82) is 0 Å². The van der Waals surface area contributed by atoms with Crippen LogP contribution in [0.2, 0.25) is 0 Å². The molecule has 35 heavy (non-hydrogen) atoms. The molecule has 7 nitrogen and oxygen atoms in total. The molecule has 7 heteroatoms. The number of carbonyl (C=O) groups excluding carboxylic acids is 1. The number of aromatic amines is 1. The van der Waals surface area contributed by atoms with Crippen molar-refractivity contribution >= 4 is 16.8 Å². The number of hydrogen-bond donors (Lipinski definition) is 3. The average Bonchev–Trinajstić information content (AvgIpc) is 3.51. The fraction of sp³-hybridized carbons (Fsp3) is 0.179. The summed E-state index contributed by atoms with van der Waals surface area (Å²) in [6.07, 6.45) is 3.97. The Morgan fingerprint density at radius 2 is 1.57 bits per heavy atom. The standard InChI is InChI=1S/C28H28N6O/c29-26(27(30)35)23(17-20-18-31-24-14-8-7-13-22(20)24)28-33-32-25(16-15-19-9-3-1-4-10-19)34(28)21-11-5-2-6-12-21/h1-14,18,23,26,31H,15-17,29H2,(H2,30,35)/t23-,26?/m1/s1. The van der Waals surface area contributed by atoms with E-state index in [4.69, 9.17) is 11.5 Å². The molecule has 2 atom stereocenters. The summed E-state index contributed by atoms with van der Waals surface area (Å²) >= 11 is 0. The molecule has 0 aliphatic rings. The number of hydrogen-bond acceptors (Lipinski definition) is 4. The van der Waals surface area contributed by atoms with Crippen LogP contribution < -0.4 is 11.5 Å². The summed E-state index contributed by atoms with van der Waals surface area (Å²) in [5.41, 5.74) is 16.4. The highest BCUT2D eigenvalue weighted by Gasteiger charge is 2.31. The lowest BCUT2D eigenvalue weighted by atomic mass is 9.90. The SMILES string of the molecule is NC(=O)C(N)[C@@H](Cc1c[nH]c2ccccc12)c1nnc(CCc2ccccc2)n1-c1ccccc1. The maximum Gasteiger partial charge on any atom is 0.235 e. The molecule has 1 unspecified atom stereocenters. The van der Waals surface area contributed by atoms with E-state index in [1.54, 1.807) is 0 Å². The van der Waals surface area contributed by atoms with E-state index in [2.05, 4.69) is 33.4 Å². The molecule has 0 aliphatic heterocycles. The number of aromatic nitrogens is 4. The van der Waals surface area contributed by atoms with E-state index in [1.165, 1.54) is 5.56 Å². The molecule has 0 saturated carbocycles. The first-order valence-electron chi connectivity index (χ1n) is 11.7. The third-order valence-corrected chi connectivity index (χ3v) is 6.46. The van der Waals surface area contributed by atoms with E-state index in [9.17, 15) is 4.79 Å². The molecule has 0 aliphatic carbocycles. The molecule has 0 fully saturated rings. The van der Waals surface area contributed by atoms with Gasteiger partial charge in [-0.05, 0) is 42.2 Å². The monoisotopic (exact) mass is 464 g/mol. The number of rotatable bonds is 9. The Bertz CT molecular complexity index is 1420. The number of nitrogens with zero attached hydrogens (tertiary/aromatic N) is 3. The largest absolute Gasteiger partial charge is 0.368 e. The predicted molar refractivity (Wildman–Crippen MR) is 137 cm³/mol. The lowest BCUT2D eigenvalue weighted by molar-refractivity contribution is -0.119. The van der Waals surface area contributed by atoms with Crippen LogP contribution in [0, 0.1) is 0 Å². The highest BCUT2D eigenvalue weighted by molar-refractivity contribution is 5.84. The predicted octanol–water partition coefficient (Wildman–Crippen LogP) is 3.67. The van der Waals surface area contributed by atoms with Gasteiger partial charge in [0.25, 0.3) is 0 Å². The van der Waals surface area contributed by atoms with Crippen LogP contribution in [-0.2, 0) is 24.1 Å². The zero-order valence-corrected chi connectivity index (χ0v) is 19.3. The Hall–Kier alpha value is -4.23. The van der Waals surface area contributed by atoms with Crippen molar-refractivity contribution in [1.82, 2.24) is 19.7 Å². The number of carbonyl (C=O) groups is 1. The van der Waals surface area contributed by atoms with Crippen LogP contribution in [0.4, 0.5) is 0 Å². The Labute approximate surface area is 203 Å². The summed E-state index contributed by atoms with van der Waals surface area (Å²) in [6, 6.07) is 27.4. The number of aryl methyl sites for hydroxylation is 2. The fourth-order valence-electron chi connectivity index (χ4n) is 4.61. The van der Waals surface area contributed by atoms with Gasteiger partial charge < -0.3 is 16.5 Å². The summed E-state index contributed by atoms with van der Waals surface area (Å²) in [5, 5.41) is 10.2. The Morgan fingerprint density at radius 3 is 2.31 bits per heavy atom. The van der Waals surface area contributed by atoms with E-state index in [-0.39, 0.29) is 0 Å². The van der Waals surface area contributed by atoms with Gasteiger partial charge in [0.1, 0.15) is 11.6 Å². The van der Waals surface area contributed by atoms with Crippen LogP contribution >= 0.6 is 0 Å². The second-order valence-corrected chi connectivity index (χ2v) is 8.73. The van der Waals surface area contributed by atoms with Crippen LogP contribution in [0.5, 0.6) is 0 Å². The van der Waals surface area contributed by atoms with E-state index >= 15 is 0 Å². The molecule has 0 radical (unpaired) electrons. The Morgan fingerprint density at radius 1 is 0.886 bits per heavy atom. The van der Waals surface area contributed by atoms with Gasteiger partial charge in [0.2, 0.25) is 5.91 Å². The Kier molecular flexibility index (Phi) is 6.41. The average molecular weight is 465 g/mol. The molecule has 0 bridgehead atoms. The molecule has 3 aromatic carbocycles. The van der Waals surface area contributed by atoms with E-state index in [1.807, 2.05) is 77.5 Å². The second-order valence-electron chi connectivity index (χ2n) is 8.73. The molecule has 0 saturated heterocycles. The first kappa shape index (κ1) is 22.6. The first-order chi connectivity index (χ1) is 17.1. The molecule has 5 rings (SSSR count). The van der Waals surface area contributed by atoms with E-state index in [0.717, 1.165) is 34.4 Å². The summed E-state index contributed by atoms with van der Waals surface area (Å²) < 4.78 is 2.03. The number of nitrogens with two attached hydrogens (primary N) is 2. The number of H-pyrrole nitrogens is 1. The van der Waals surface area contributed by atoms with Crippen LogP contribution in [-0.4, -0.2) is 31.7 Å². The van der Waals surface area contributed by atoms with Crippen LogP contribution in [0.25, 0.3) is 16.6 Å². The van der Waals surface area contributed by atoms with Crippen molar-refractivity contribution < 1.29 is 4.79 Å². The van der Waals surface area contributed by atoms with Crippen molar-refractivity contribution in [2.75, 3.05) is 0 Å². The van der Waals surface area contributed by atoms with E-state index < -0.39 is 17.9 Å². The minimum atomic E-state index is -0.919. The molecule has 176 valence electrons. The molecule has 2 heterocycles. The zero-order valence-electron chi connectivity index (χ0n) is 19.3. The van der Waals surface area contributed by atoms with Crippen molar-refractivity contribution in [3.05, 3.63) is 114 Å². The van der Waals surface area contributed by atoms with E-state index in [0.29, 0.717) is 18.7 Å². The molecule has 2 aromatic heterocycles. The number of nitrogens with one attached hydrogen (secondary N) is 1. The Balaban J connectivity index is 1.57. The van der Waals surface area contributed by atoms with Crippen LogP contribution in [0.3, 0.4) is 0 Å². The third-order valence-electron chi connectivity index (χ3n) is 6.46. The number of benzene rings is 3. The quantitative estimate of drug-likeness (QED) is 0.309. The summed E-state index contributed by atoms with van der Waals surface area (Å²) in [5.74, 6) is 0.430. The second kappa shape index (κ2) is 9.95. The van der Waals surface area contributed by atoms with Gasteiger partial charge in [0, 0.05) is 35.1 Å². The van der Waals surface area contributed by atoms with Gasteiger partial charge in [-0.3, -0.25) is 9.36 Å². The maximum atomic E-state index is 12.3. The third kappa shape index (κ3) is 4.72. The summed E-state index contributed by atoms with van der Waals surface area (Å²) in [7, 11) is 0. The topological polar surface area (TPSA) is 116 Å². The van der Waals surface area contributed by atoms with Gasteiger partial charge in [-0.2, -0.15) is 0 Å². The highest BCUT2D eigenvalue weighted by Crippen LogP contribution is 2.29. The number of fused-ring (bicyclic) bond motifs is 1. The van der Waals surface area contributed by atoms with Gasteiger partial charge in [-0.15, -0.1) is 10.2 Å². The zero-order chi connectivity index (χ0) is 24.2. The first-order valence-corrected chi connectivity index (χ1v) is 11.7. The van der Waals surface area contributed by atoms with Crippen LogP contribution in [0.15, 0.2) is 91.1 Å². The van der Waals surface area contributed by atoms with Crippen molar-refractivity contribution in [3.63, 3.8) is 0 Å². The fourth-order valence-corrected chi connectivity index (χ4v) is 4.61. The minimum absolute atomic E-state index is 0.454. The highest BCUT2D eigenvalue weighted by atomic mass is 16.1. The number of amides is 1. The molecular weight excluding hydrogens is 436 g/mol. The maximum absolute atomic E-state index is 12.3. The van der Waals surface area contributed by atoms with Gasteiger partial charge in [0.05, 0.1) is 6.04 Å². The molecule has 0 spiro atoms. The molecule has 5 aromatic rings. The van der Waals surface area contributed by atoms with Gasteiger partial charge in [-0.1, -0.05) is 66.7 Å². The van der Waals surface area contributed by atoms with Crippen molar-refractivity contribution in [3.8, 4) is 5.69 Å². The van der Waals surface area contributed by atoms with Crippen molar-refractivity contribution in [2.24, 2.45) is 11.5 Å². The molecule has 5 N–H and O–H groups in total. The molecule has 1 amide bonds. The summed E-state index contributed by atoms with van der Waals surface area (Å²) in [4.78, 5) is 15.6. The van der Waals surface area contributed by atoms with Crippen LogP contribution in [0.1, 0.15) is 28.7 Å². The smallest absolute Gasteiger partial charge is 0.235 e. The number of para-hydroxylation sites is 2. The summed E-state index contributed by atoms with van der Waals surface area (Å²) in [6.45, 7) is 0. The molecular formula is C28H28N6O. The van der Waals surface area contributed by atoms with Crippen molar-refractivity contribution in [2.45, 2.75) is 31.2 Å². The van der Waals surface area contributed by atoms with Gasteiger partial charge in [-0.25, -0.2) is 0 Å². The lowest BCUT2D eigenvalue weighted by Gasteiger charge is -2.22. The lowest BCUT2D eigenvalue weighted by Crippen LogP contribution is -2.43. The number of primary amides is 1. The normalized spacial score (nSPS) is 13.1. The van der Waals surface area contributed by atoms with Gasteiger partial charge in [0.15, 0.2) is 0 Å². The van der Waals surface area contributed by atoms with Gasteiger partial charge >= 0.3 is 0 Å².